The van der Waals surface area contributed by atoms with Gasteiger partial charge in [-0.05, 0) is 48.4 Å². The number of sulfone groups is 1. The zero-order valence-electron chi connectivity index (χ0n) is 11.1. The van der Waals surface area contributed by atoms with E-state index in [0.29, 0.717) is 10.8 Å². The molecular weight excluding hydrogens is 294 g/mol. The molecule has 0 aliphatic rings. The smallest absolute Gasteiger partial charge is 0.175 e. The summed E-state index contributed by atoms with van der Waals surface area (Å²) in [5.74, 6) is 0.611. The Bertz CT molecular complexity index is 664. The highest BCUT2D eigenvalue weighted by Crippen LogP contribution is 2.19. The average molecular weight is 310 g/mol. The Kier molecular flexibility index (Phi) is 4.68. The van der Waals surface area contributed by atoms with Crippen molar-refractivity contribution in [2.24, 2.45) is 0 Å². The van der Waals surface area contributed by atoms with Crippen LogP contribution in [0.2, 0.25) is 0 Å². The third-order valence-corrected chi connectivity index (χ3v) is 4.23. The number of hydrogen-bond donors (Lipinski definition) is 1. The van der Waals surface area contributed by atoms with Gasteiger partial charge in [0.2, 0.25) is 0 Å². The molecule has 0 bridgehead atoms. The Hall–Kier alpha value is -1.52. The highest BCUT2D eigenvalue weighted by molar-refractivity contribution is 7.90. The minimum Gasteiger partial charge on any atom is -0.356 e. The van der Waals surface area contributed by atoms with Gasteiger partial charge >= 0.3 is 0 Å². The highest BCUT2D eigenvalue weighted by atomic mass is 35.5. The van der Waals surface area contributed by atoms with E-state index >= 15 is 0 Å². The number of aryl methyl sites for hydroxylation is 1. The van der Waals surface area contributed by atoms with Crippen molar-refractivity contribution in [3.8, 4) is 0 Å². The number of benzene rings is 2. The monoisotopic (exact) mass is 309 g/mol. The Morgan fingerprint density at radius 3 is 1.90 bits per heavy atom. The van der Waals surface area contributed by atoms with Gasteiger partial charge in [-0.1, -0.05) is 12.1 Å². The van der Waals surface area contributed by atoms with E-state index in [1.165, 1.54) is 11.8 Å². The minimum atomic E-state index is -3.14. The van der Waals surface area contributed by atoms with E-state index in [1.807, 2.05) is 24.3 Å². The van der Waals surface area contributed by atoms with Gasteiger partial charge in [-0.3, -0.25) is 0 Å². The molecule has 3 nitrogen and oxygen atoms in total. The van der Waals surface area contributed by atoms with E-state index in [0.717, 1.165) is 17.8 Å². The van der Waals surface area contributed by atoms with Gasteiger partial charge in [0.25, 0.3) is 0 Å². The lowest BCUT2D eigenvalue weighted by Gasteiger charge is -2.08. The SMILES string of the molecule is CS(=O)(=O)c1ccc(Nc2ccc(CCCl)cc2)cc1. The molecule has 0 unspecified atom stereocenters. The first-order chi connectivity index (χ1) is 9.49. The standard InChI is InChI=1S/C15H16ClNO2S/c1-20(18,19)15-8-6-14(7-9-15)17-13-4-2-12(3-5-13)10-11-16/h2-9,17H,10-11H2,1H3. The van der Waals surface area contributed by atoms with Gasteiger partial charge in [0.05, 0.1) is 4.90 Å². The number of rotatable bonds is 5. The zero-order chi connectivity index (χ0) is 14.6. The topological polar surface area (TPSA) is 46.2 Å². The molecule has 0 atom stereocenters. The highest BCUT2D eigenvalue weighted by Gasteiger charge is 2.06. The number of halogens is 1. The van der Waals surface area contributed by atoms with Gasteiger partial charge in [0.15, 0.2) is 9.84 Å². The molecule has 2 aromatic rings. The molecule has 106 valence electrons. The van der Waals surface area contributed by atoms with Crippen molar-refractivity contribution < 1.29 is 8.42 Å². The van der Waals surface area contributed by atoms with Crippen LogP contribution in [-0.4, -0.2) is 20.6 Å². The molecule has 0 heterocycles. The van der Waals surface area contributed by atoms with Gasteiger partial charge in [-0.15, -0.1) is 11.6 Å². The quantitative estimate of drug-likeness (QED) is 0.858. The van der Waals surface area contributed by atoms with Crippen molar-refractivity contribution in [2.45, 2.75) is 11.3 Å². The predicted molar refractivity (Wildman–Crippen MR) is 83.7 cm³/mol. The van der Waals surface area contributed by atoms with Crippen LogP contribution in [0.3, 0.4) is 0 Å². The lowest BCUT2D eigenvalue weighted by Crippen LogP contribution is -1.97. The van der Waals surface area contributed by atoms with Gasteiger partial charge < -0.3 is 5.32 Å². The van der Waals surface area contributed by atoms with Gasteiger partial charge in [-0.25, -0.2) is 8.42 Å². The maximum absolute atomic E-state index is 11.4. The molecule has 0 spiro atoms. The number of alkyl halides is 1. The van der Waals surface area contributed by atoms with Crippen molar-refractivity contribution in [1.29, 1.82) is 0 Å². The van der Waals surface area contributed by atoms with Crippen LogP contribution in [0.1, 0.15) is 5.56 Å². The van der Waals surface area contributed by atoms with Crippen LogP contribution >= 0.6 is 11.6 Å². The van der Waals surface area contributed by atoms with Crippen molar-refractivity contribution in [3.63, 3.8) is 0 Å². The third-order valence-electron chi connectivity index (χ3n) is 2.91. The van der Waals surface area contributed by atoms with Gasteiger partial charge in [0, 0.05) is 23.5 Å². The van der Waals surface area contributed by atoms with Crippen LogP contribution in [0.15, 0.2) is 53.4 Å². The molecule has 0 saturated carbocycles. The summed E-state index contributed by atoms with van der Waals surface area (Å²) in [6.07, 6.45) is 2.05. The number of hydrogen-bond acceptors (Lipinski definition) is 3. The molecule has 0 aliphatic heterocycles. The summed E-state index contributed by atoms with van der Waals surface area (Å²) in [6, 6.07) is 14.7. The van der Waals surface area contributed by atoms with E-state index in [9.17, 15) is 8.42 Å². The fraction of sp³-hybridized carbons (Fsp3) is 0.200. The van der Waals surface area contributed by atoms with Crippen LogP contribution in [0.5, 0.6) is 0 Å². The molecular formula is C15H16ClNO2S. The molecule has 0 aliphatic carbocycles. The van der Waals surface area contributed by atoms with E-state index in [4.69, 9.17) is 11.6 Å². The molecule has 0 radical (unpaired) electrons. The summed E-state index contributed by atoms with van der Waals surface area (Å²) >= 11 is 5.69. The van der Waals surface area contributed by atoms with Crippen molar-refractivity contribution in [3.05, 3.63) is 54.1 Å². The summed E-state index contributed by atoms with van der Waals surface area (Å²) in [5, 5.41) is 3.22. The Balaban J connectivity index is 2.10. The first-order valence-corrected chi connectivity index (χ1v) is 8.64. The van der Waals surface area contributed by atoms with E-state index in [2.05, 4.69) is 5.32 Å². The Morgan fingerprint density at radius 2 is 1.45 bits per heavy atom. The Labute approximate surface area is 124 Å². The molecule has 0 amide bonds. The maximum Gasteiger partial charge on any atom is 0.175 e. The molecule has 0 saturated heterocycles. The normalized spacial score (nSPS) is 11.3. The first kappa shape index (κ1) is 14.9. The summed E-state index contributed by atoms with van der Waals surface area (Å²) in [7, 11) is -3.14. The molecule has 20 heavy (non-hydrogen) atoms. The van der Waals surface area contributed by atoms with Crippen molar-refractivity contribution >= 4 is 32.8 Å². The van der Waals surface area contributed by atoms with E-state index < -0.39 is 9.84 Å². The van der Waals surface area contributed by atoms with Crippen molar-refractivity contribution in [2.75, 3.05) is 17.5 Å². The third kappa shape index (κ3) is 3.99. The fourth-order valence-electron chi connectivity index (χ4n) is 1.82. The van der Waals surface area contributed by atoms with Crippen LogP contribution < -0.4 is 5.32 Å². The molecule has 1 N–H and O–H groups in total. The van der Waals surface area contributed by atoms with Gasteiger partial charge in [-0.2, -0.15) is 0 Å². The van der Waals surface area contributed by atoms with Crippen LogP contribution in [0.25, 0.3) is 0 Å². The summed E-state index contributed by atoms with van der Waals surface area (Å²) in [5.41, 5.74) is 3.00. The maximum atomic E-state index is 11.4. The summed E-state index contributed by atoms with van der Waals surface area (Å²) in [6.45, 7) is 0. The molecule has 0 fully saturated rings. The van der Waals surface area contributed by atoms with Crippen LogP contribution in [0.4, 0.5) is 11.4 Å². The molecule has 5 heteroatoms. The Morgan fingerprint density at radius 1 is 0.950 bits per heavy atom. The second kappa shape index (κ2) is 6.29. The molecule has 0 aromatic heterocycles. The molecule has 2 rings (SSSR count). The van der Waals surface area contributed by atoms with Crippen molar-refractivity contribution in [1.82, 2.24) is 0 Å². The minimum absolute atomic E-state index is 0.320. The first-order valence-electron chi connectivity index (χ1n) is 6.21. The lowest BCUT2D eigenvalue weighted by atomic mass is 10.1. The van der Waals surface area contributed by atoms with Crippen LogP contribution in [-0.2, 0) is 16.3 Å². The molecule has 2 aromatic carbocycles. The number of nitrogens with one attached hydrogen (secondary N) is 1. The zero-order valence-corrected chi connectivity index (χ0v) is 12.7. The largest absolute Gasteiger partial charge is 0.356 e. The lowest BCUT2D eigenvalue weighted by molar-refractivity contribution is 0.602. The van der Waals surface area contributed by atoms with Crippen LogP contribution in [0, 0.1) is 0 Å². The fourth-order valence-corrected chi connectivity index (χ4v) is 2.66. The van der Waals surface area contributed by atoms with E-state index in [1.54, 1.807) is 24.3 Å². The second-order valence-electron chi connectivity index (χ2n) is 4.56. The number of anilines is 2. The van der Waals surface area contributed by atoms with Gasteiger partial charge in [0.1, 0.15) is 0 Å². The summed E-state index contributed by atoms with van der Waals surface area (Å²) < 4.78 is 22.7. The summed E-state index contributed by atoms with van der Waals surface area (Å²) in [4.78, 5) is 0.320. The predicted octanol–water partition coefficient (Wildman–Crippen LogP) is 3.62. The second-order valence-corrected chi connectivity index (χ2v) is 6.95. The van der Waals surface area contributed by atoms with E-state index in [-0.39, 0.29) is 0 Å². The average Bonchev–Trinajstić information content (AvgIpc) is 2.41.